The lowest BCUT2D eigenvalue weighted by molar-refractivity contribution is -0.175. The molecule has 0 bridgehead atoms. The van der Waals surface area contributed by atoms with Gasteiger partial charge in [0.15, 0.2) is 0 Å². The van der Waals surface area contributed by atoms with Crippen molar-refractivity contribution >= 4 is 35.4 Å². The molecular formula is C29H39F3N4O7. The summed E-state index contributed by atoms with van der Waals surface area (Å²) in [5.41, 5.74) is 0.443. The van der Waals surface area contributed by atoms with Crippen LogP contribution >= 0.6 is 0 Å². The summed E-state index contributed by atoms with van der Waals surface area (Å²) >= 11 is 0. The Balaban J connectivity index is 2.06. The van der Waals surface area contributed by atoms with Gasteiger partial charge in [-0.1, -0.05) is 27.7 Å². The Hall–Kier alpha value is -3.97. The predicted molar refractivity (Wildman–Crippen MR) is 149 cm³/mol. The zero-order chi connectivity index (χ0) is 32.5. The molecule has 14 heteroatoms. The molecule has 11 nitrogen and oxygen atoms in total. The number of nitrogens with zero attached hydrogens (tertiary/aromatic N) is 1. The number of Topliss-reactive ketones (excluding diaryl/α,β-unsaturated/α-hetero) is 1. The van der Waals surface area contributed by atoms with E-state index in [0.717, 1.165) is 0 Å². The van der Waals surface area contributed by atoms with E-state index in [-0.39, 0.29) is 30.5 Å². The number of unbranched alkanes of at least 4 members (excludes halogenated alkanes) is 1. The van der Waals surface area contributed by atoms with E-state index >= 15 is 0 Å². The number of aliphatic carboxylic acids is 1. The molecule has 43 heavy (non-hydrogen) atoms. The number of ketones is 1. The third-order valence-electron chi connectivity index (χ3n) is 7.10. The maximum absolute atomic E-state index is 13.5. The van der Waals surface area contributed by atoms with Crippen molar-refractivity contribution < 1.29 is 47.0 Å². The third kappa shape index (κ3) is 10.1. The van der Waals surface area contributed by atoms with Gasteiger partial charge in [0, 0.05) is 30.6 Å². The number of alkyl halides is 3. The van der Waals surface area contributed by atoms with Crippen LogP contribution in [-0.2, 0) is 19.2 Å². The number of carboxylic acids is 1. The molecule has 1 saturated heterocycles. The van der Waals surface area contributed by atoms with E-state index in [9.17, 15) is 41.9 Å². The van der Waals surface area contributed by atoms with Gasteiger partial charge in [0.1, 0.15) is 12.1 Å². The van der Waals surface area contributed by atoms with Gasteiger partial charge in [0.05, 0.1) is 6.04 Å². The second kappa shape index (κ2) is 15.5. The van der Waals surface area contributed by atoms with E-state index in [0.29, 0.717) is 25.8 Å². The van der Waals surface area contributed by atoms with Crippen LogP contribution in [0.4, 0.5) is 13.2 Å². The molecule has 238 valence electrons. The smallest absolute Gasteiger partial charge is 0.452 e. The van der Waals surface area contributed by atoms with Gasteiger partial charge >= 0.3 is 12.1 Å². The van der Waals surface area contributed by atoms with E-state index in [2.05, 4.69) is 16.0 Å². The van der Waals surface area contributed by atoms with Gasteiger partial charge in [-0.3, -0.25) is 28.8 Å². The fraction of sp³-hybridized carbons (Fsp3) is 0.586. The molecule has 4 amide bonds. The van der Waals surface area contributed by atoms with Crippen LogP contribution in [0.2, 0.25) is 0 Å². The van der Waals surface area contributed by atoms with Crippen molar-refractivity contribution in [1.82, 2.24) is 20.9 Å². The largest absolute Gasteiger partial charge is 0.481 e. The fourth-order valence-electron chi connectivity index (χ4n) is 4.66. The number of rotatable bonds is 14. The molecule has 4 N–H and O–H groups in total. The quantitative estimate of drug-likeness (QED) is 0.235. The van der Waals surface area contributed by atoms with Crippen molar-refractivity contribution in [2.75, 3.05) is 13.1 Å². The minimum atomic E-state index is -5.13. The number of carbonyl (C=O) groups excluding carboxylic acids is 5. The molecule has 0 aromatic heterocycles. The van der Waals surface area contributed by atoms with Crippen LogP contribution in [0.1, 0.15) is 80.5 Å². The van der Waals surface area contributed by atoms with E-state index in [1.54, 1.807) is 13.8 Å². The van der Waals surface area contributed by atoms with Gasteiger partial charge in [-0.25, -0.2) is 0 Å². The fourth-order valence-corrected chi connectivity index (χ4v) is 4.66. The first-order valence-corrected chi connectivity index (χ1v) is 14.2. The van der Waals surface area contributed by atoms with Gasteiger partial charge in [0.2, 0.25) is 11.8 Å². The Morgan fingerprint density at radius 1 is 0.884 bits per heavy atom. The average Bonchev–Trinajstić information content (AvgIpc) is 3.42. The van der Waals surface area contributed by atoms with Crippen LogP contribution < -0.4 is 16.0 Å². The van der Waals surface area contributed by atoms with E-state index < -0.39 is 71.5 Å². The molecule has 1 aliphatic rings. The van der Waals surface area contributed by atoms with Gasteiger partial charge in [-0.2, -0.15) is 13.2 Å². The number of carbonyl (C=O) groups is 6. The van der Waals surface area contributed by atoms with Crippen LogP contribution in [0.5, 0.6) is 0 Å². The summed E-state index contributed by atoms with van der Waals surface area (Å²) in [5, 5.41) is 16.2. The van der Waals surface area contributed by atoms with Crippen molar-refractivity contribution in [2.45, 2.75) is 84.1 Å². The molecule has 1 heterocycles. The lowest BCUT2D eigenvalue weighted by atomic mass is 9.98. The van der Waals surface area contributed by atoms with Crippen molar-refractivity contribution in [1.29, 1.82) is 0 Å². The number of hydrogen-bond donors (Lipinski definition) is 4. The standard InChI is InChI=1S/C29H39F3N4O7/c1-16(2)22(24(39)29(30,31)32)34-27(42)20-8-7-15-36(20)28(43)23(17(3)4)35-26(41)19-12-10-18(11-13-19)25(40)33-14-6-5-9-21(37)38/h10-13,16-17,20,22-23H,5-9,14-15H2,1-4H3,(H,33,40)(H,34,42)(H,35,41)(H,37,38)/t20-,22?,23-/m0/s1. The molecule has 1 aromatic rings. The number of benzene rings is 1. The highest BCUT2D eigenvalue weighted by Crippen LogP contribution is 2.24. The topological polar surface area (TPSA) is 162 Å². The number of halogens is 3. The maximum Gasteiger partial charge on any atom is 0.452 e. The Bertz CT molecular complexity index is 1190. The first-order chi connectivity index (χ1) is 20.0. The second-order valence-corrected chi connectivity index (χ2v) is 11.2. The van der Waals surface area contributed by atoms with Gasteiger partial charge < -0.3 is 26.0 Å². The number of hydrogen-bond acceptors (Lipinski definition) is 6. The molecule has 1 fully saturated rings. The summed E-state index contributed by atoms with van der Waals surface area (Å²) in [7, 11) is 0. The molecule has 0 saturated carbocycles. The number of amides is 4. The van der Waals surface area contributed by atoms with Crippen LogP contribution in [0, 0.1) is 11.8 Å². The molecule has 0 radical (unpaired) electrons. The van der Waals surface area contributed by atoms with E-state index in [1.165, 1.54) is 43.0 Å². The minimum absolute atomic E-state index is 0.00668. The first kappa shape index (κ1) is 35.2. The molecule has 1 unspecified atom stereocenters. The van der Waals surface area contributed by atoms with Crippen molar-refractivity contribution in [3.63, 3.8) is 0 Å². The highest BCUT2D eigenvalue weighted by atomic mass is 19.4. The summed E-state index contributed by atoms with van der Waals surface area (Å²) in [6.07, 6.45) is -3.62. The molecule has 2 rings (SSSR count). The summed E-state index contributed by atoms with van der Waals surface area (Å²) in [6.45, 7) is 6.57. The molecule has 1 aliphatic heterocycles. The summed E-state index contributed by atoms with van der Waals surface area (Å²) in [5.74, 6) is -6.69. The van der Waals surface area contributed by atoms with Gasteiger partial charge in [-0.05, 0) is 61.8 Å². The minimum Gasteiger partial charge on any atom is -0.481 e. The molecule has 0 spiro atoms. The zero-order valence-corrected chi connectivity index (χ0v) is 24.6. The van der Waals surface area contributed by atoms with Gasteiger partial charge in [0.25, 0.3) is 17.6 Å². The average molecular weight is 613 g/mol. The lowest BCUT2D eigenvalue weighted by Gasteiger charge is -2.32. The van der Waals surface area contributed by atoms with Crippen molar-refractivity contribution in [2.24, 2.45) is 11.8 Å². The molecule has 3 atom stereocenters. The Morgan fingerprint density at radius 2 is 1.44 bits per heavy atom. The van der Waals surface area contributed by atoms with Crippen LogP contribution in [0.15, 0.2) is 24.3 Å². The predicted octanol–water partition coefficient (Wildman–Crippen LogP) is 2.69. The molecular weight excluding hydrogens is 573 g/mol. The normalized spacial score (nSPS) is 16.5. The lowest BCUT2D eigenvalue weighted by Crippen LogP contribution is -2.58. The Morgan fingerprint density at radius 3 is 1.95 bits per heavy atom. The Kier molecular flexibility index (Phi) is 12.7. The van der Waals surface area contributed by atoms with Crippen LogP contribution in [0.25, 0.3) is 0 Å². The number of nitrogens with one attached hydrogen (secondary N) is 3. The molecule has 0 aliphatic carbocycles. The SMILES string of the molecule is CC(C)C(NC(=O)[C@@H]1CCCN1C(=O)[C@@H](NC(=O)c1ccc(C(=O)NCCCCC(=O)O)cc1)C(C)C)C(=O)C(F)(F)F. The summed E-state index contributed by atoms with van der Waals surface area (Å²) < 4.78 is 39.2. The summed E-state index contributed by atoms with van der Waals surface area (Å²) in [4.78, 5) is 75.5. The van der Waals surface area contributed by atoms with Gasteiger partial charge in [-0.15, -0.1) is 0 Å². The monoisotopic (exact) mass is 612 g/mol. The maximum atomic E-state index is 13.5. The summed E-state index contributed by atoms with van der Waals surface area (Å²) in [6, 6.07) is 1.72. The van der Waals surface area contributed by atoms with Crippen LogP contribution in [-0.4, -0.2) is 82.8 Å². The van der Waals surface area contributed by atoms with Crippen molar-refractivity contribution in [3.05, 3.63) is 35.4 Å². The van der Waals surface area contributed by atoms with Crippen LogP contribution in [0.3, 0.4) is 0 Å². The third-order valence-corrected chi connectivity index (χ3v) is 7.10. The zero-order valence-electron chi connectivity index (χ0n) is 24.6. The highest BCUT2D eigenvalue weighted by molar-refractivity contribution is 6.00. The Labute approximate surface area is 247 Å². The molecule has 1 aromatic carbocycles. The highest BCUT2D eigenvalue weighted by Gasteiger charge is 2.46. The van der Waals surface area contributed by atoms with Crippen molar-refractivity contribution in [3.8, 4) is 0 Å². The first-order valence-electron chi connectivity index (χ1n) is 14.2. The number of likely N-dealkylation sites (tertiary alicyclic amines) is 1. The second-order valence-electron chi connectivity index (χ2n) is 11.2. The van der Waals surface area contributed by atoms with E-state index in [1.807, 2.05) is 0 Å². The van der Waals surface area contributed by atoms with E-state index in [4.69, 9.17) is 5.11 Å². The number of carboxylic acid groups (broad SMARTS) is 1.